The molecule has 1 atom stereocenters. The predicted octanol–water partition coefficient (Wildman–Crippen LogP) is 4.28. The third-order valence-corrected chi connectivity index (χ3v) is 3.75. The molecule has 0 radical (unpaired) electrons. The summed E-state index contributed by atoms with van der Waals surface area (Å²) in [6.07, 6.45) is 13.1. The molecule has 3 heteroatoms. The predicted molar refractivity (Wildman–Crippen MR) is 85.4 cm³/mol. The van der Waals surface area contributed by atoms with E-state index in [-0.39, 0.29) is 10.2 Å². The molecule has 0 aliphatic carbocycles. The van der Waals surface area contributed by atoms with Crippen LogP contribution in [-0.2, 0) is 9.53 Å². The Morgan fingerprint density at radius 1 is 0.895 bits per heavy atom. The summed E-state index contributed by atoms with van der Waals surface area (Å²) >= 11 is 1.43. The molecule has 0 aliphatic rings. The summed E-state index contributed by atoms with van der Waals surface area (Å²) in [6, 6.07) is 0. The van der Waals surface area contributed by atoms with Crippen LogP contribution in [0.1, 0.15) is 85.0 Å². The van der Waals surface area contributed by atoms with Crippen LogP contribution in [0.4, 0.5) is 0 Å². The Morgan fingerprint density at radius 3 is 1.74 bits per heavy atom. The van der Waals surface area contributed by atoms with Crippen molar-refractivity contribution in [3.05, 3.63) is 0 Å². The number of hydrogen-bond acceptors (Lipinski definition) is 2. The van der Waals surface area contributed by atoms with Crippen LogP contribution in [0.25, 0.3) is 0 Å². The van der Waals surface area contributed by atoms with E-state index in [1.54, 1.807) is 0 Å². The molecule has 0 aromatic heterocycles. The van der Waals surface area contributed by atoms with Crippen molar-refractivity contribution in [3.63, 3.8) is 0 Å². The zero-order chi connectivity index (χ0) is 14.6. The van der Waals surface area contributed by atoms with E-state index in [1.165, 1.54) is 74.6 Å². The van der Waals surface area contributed by atoms with Gasteiger partial charge in [-0.1, -0.05) is 19.8 Å². The van der Waals surface area contributed by atoms with Gasteiger partial charge in [-0.15, -0.1) is 0 Å². The molecule has 0 N–H and O–H groups in total. The quantitative estimate of drug-likeness (QED) is 0.303. The molecule has 19 heavy (non-hydrogen) atoms. The Labute approximate surface area is 128 Å². The molecule has 0 amide bonds. The van der Waals surface area contributed by atoms with Gasteiger partial charge in [-0.2, -0.15) is 0 Å². The van der Waals surface area contributed by atoms with Crippen LogP contribution >= 0.6 is 0 Å². The molecule has 0 saturated heterocycles. The maximum absolute atomic E-state index is 11.5. The van der Waals surface area contributed by atoms with Crippen molar-refractivity contribution in [3.8, 4) is 0 Å². The van der Waals surface area contributed by atoms with Crippen LogP contribution < -0.4 is 0 Å². The van der Waals surface area contributed by atoms with Crippen LogP contribution in [-0.4, -0.2) is 29.4 Å². The summed E-state index contributed by atoms with van der Waals surface area (Å²) in [6.45, 7) is 6.71. The van der Waals surface area contributed by atoms with Gasteiger partial charge in [0.05, 0.1) is 0 Å². The molecule has 0 aromatic rings. The molecule has 0 rings (SSSR count). The van der Waals surface area contributed by atoms with Crippen LogP contribution in [0.3, 0.4) is 0 Å². The second kappa shape index (κ2) is 11.8. The van der Waals surface area contributed by atoms with Gasteiger partial charge in [0.1, 0.15) is 0 Å². The molecule has 0 aliphatic heterocycles. The van der Waals surface area contributed by atoms with Crippen molar-refractivity contribution >= 4 is 22.8 Å². The maximum atomic E-state index is 11.5. The number of esters is 1. The molecular formula is C16H33AsO2. The van der Waals surface area contributed by atoms with Crippen LogP contribution in [0.2, 0.25) is 4.20 Å². The average molecular weight is 332 g/mol. The first-order valence-corrected chi connectivity index (χ1v) is 9.15. The SMILES string of the molecule is CCCCCCCCCCCCOC(=O)C(C)(C)[AsH2]. The number of rotatable bonds is 12. The molecule has 0 fully saturated rings. The van der Waals surface area contributed by atoms with Crippen LogP contribution in [0.15, 0.2) is 0 Å². The molecule has 2 nitrogen and oxygen atoms in total. The fourth-order valence-corrected chi connectivity index (χ4v) is 2.12. The Hall–Kier alpha value is 0.0284. The first-order valence-electron chi connectivity index (χ1n) is 7.94. The summed E-state index contributed by atoms with van der Waals surface area (Å²) in [5.41, 5.74) is 0. The normalized spacial score (nSPS) is 11.6. The third kappa shape index (κ3) is 12.8. The summed E-state index contributed by atoms with van der Waals surface area (Å²) in [5.74, 6) is -0.0524. The Morgan fingerprint density at radius 2 is 1.32 bits per heavy atom. The van der Waals surface area contributed by atoms with Crippen molar-refractivity contribution < 1.29 is 9.53 Å². The Bertz CT molecular complexity index is 221. The van der Waals surface area contributed by atoms with E-state index in [4.69, 9.17) is 4.74 Å². The van der Waals surface area contributed by atoms with E-state index >= 15 is 0 Å². The van der Waals surface area contributed by atoms with E-state index in [0.29, 0.717) is 6.61 Å². The van der Waals surface area contributed by atoms with Crippen LogP contribution in [0.5, 0.6) is 0 Å². The molecule has 114 valence electrons. The van der Waals surface area contributed by atoms with Gasteiger partial charge in [0.15, 0.2) is 0 Å². The zero-order valence-electron chi connectivity index (χ0n) is 13.2. The van der Waals surface area contributed by atoms with Crippen molar-refractivity contribution in [2.75, 3.05) is 6.61 Å². The number of unbranched alkanes of at least 4 members (excludes halogenated alkanes) is 9. The summed E-state index contributed by atoms with van der Waals surface area (Å²) < 4.78 is 4.96. The van der Waals surface area contributed by atoms with Gasteiger partial charge in [0, 0.05) is 0 Å². The van der Waals surface area contributed by atoms with Crippen molar-refractivity contribution in [2.24, 2.45) is 0 Å². The van der Waals surface area contributed by atoms with Gasteiger partial charge in [0.2, 0.25) is 0 Å². The first-order chi connectivity index (χ1) is 8.98. The third-order valence-electron chi connectivity index (χ3n) is 3.26. The monoisotopic (exact) mass is 332 g/mol. The second-order valence-corrected chi connectivity index (χ2v) is 9.07. The fourth-order valence-electron chi connectivity index (χ4n) is 1.94. The standard InChI is InChI=1S/C16H33AsO2/c1-4-5-6-7-8-9-10-11-12-13-14-19-15(18)16(2,3)17/h4-14,17H2,1-3H3. The number of carbonyl (C=O) groups is 1. The second-order valence-electron chi connectivity index (χ2n) is 6.04. The summed E-state index contributed by atoms with van der Waals surface area (Å²) in [7, 11) is 0. The Balaban J connectivity index is 3.17. The number of ether oxygens (including phenoxy) is 1. The van der Waals surface area contributed by atoms with Gasteiger partial charge in [-0.3, -0.25) is 0 Å². The van der Waals surface area contributed by atoms with Gasteiger partial charge in [-0.05, 0) is 0 Å². The minimum absolute atomic E-state index is 0.0524. The van der Waals surface area contributed by atoms with Gasteiger partial charge in [-0.25, -0.2) is 0 Å². The molecule has 0 spiro atoms. The summed E-state index contributed by atoms with van der Waals surface area (Å²) in [5, 5.41) is 0. The van der Waals surface area contributed by atoms with E-state index < -0.39 is 0 Å². The molecule has 0 heterocycles. The van der Waals surface area contributed by atoms with Crippen molar-refractivity contribution in [2.45, 2.75) is 89.2 Å². The Kier molecular flexibility index (Phi) is 11.8. The van der Waals surface area contributed by atoms with E-state index in [1.807, 2.05) is 13.8 Å². The molecule has 0 bridgehead atoms. The first kappa shape index (κ1) is 19.0. The minimum atomic E-state index is -0.300. The average Bonchev–Trinajstić information content (AvgIpc) is 2.34. The number of carbonyl (C=O) groups excluding carboxylic acids is 1. The van der Waals surface area contributed by atoms with Gasteiger partial charge >= 0.3 is 108 Å². The molecular weight excluding hydrogens is 299 g/mol. The van der Waals surface area contributed by atoms with Gasteiger partial charge in [0.25, 0.3) is 0 Å². The van der Waals surface area contributed by atoms with Crippen molar-refractivity contribution in [1.29, 1.82) is 0 Å². The van der Waals surface area contributed by atoms with E-state index in [2.05, 4.69) is 6.92 Å². The molecule has 0 aromatic carbocycles. The van der Waals surface area contributed by atoms with Crippen LogP contribution in [0, 0.1) is 0 Å². The van der Waals surface area contributed by atoms with E-state index in [0.717, 1.165) is 6.42 Å². The number of hydrogen-bond donors (Lipinski definition) is 0. The zero-order valence-corrected chi connectivity index (χ0v) is 15.6. The van der Waals surface area contributed by atoms with Crippen molar-refractivity contribution in [1.82, 2.24) is 0 Å². The van der Waals surface area contributed by atoms with Gasteiger partial charge < -0.3 is 0 Å². The van der Waals surface area contributed by atoms with E-state index in [9.17, 15) is 4.79 Å². The summed E-state index contributed by atoms with van der Waals surface area (Å²) in [4.78, 5) is 11.5. The molecule has 1 unspecified atom stereocenters. The fraction of sp³-hybridized carbons (Fsp3) is 0.938. The molecule has 0 saturated carbocycles. The topological polar surface area (TPSA) is 26.3 Å².